The van der Waals surface area contributed by atoms with E-state index in [1.165, 1.54) is 10.9 Å². The van der Waals surface area contributed by atoms with Crippen LogP contribution in [0.3, 0.4) is 0 Å². The molecular weight excluding hydrogens is 454 g/mol. The molecular formula is C25H23N3O5S. The molecule has 0 aliphatic carbocycles. The highest BCUT2D eigenvalue weighted by atomic mass is 32.1. The molecule has 0 spiro atoms. The van der Waals surface area contributed by atoms with E-state index in [0.717, 1.165) is 16.9 Å². The molecule has 9 heteroatoms. The first-order valence-electron chi connectivity index (χ1n) is 10.7. The van der Waals surface area contributed by atoms with E-state index in [4.69, 9.17) is 9.47 Å². The Morgan fingerprint density at radius 1 is 1.09 bits per heavy atom. The summed E-state index contributed by atoms with van der Waals surface area (Å²) in [6.45, 7) is 4.06. The van der Waals surface area contributed by atoms with Gasteiger partial charge in [0.1, 0.15) is 28.6 Å². The van der Waals surface area contributed by atoms with Gasteiger partial charge in [-0.15, -0.1) is 11.3 Å². The molecule has 0 unspecified atom stereocenters. The Labute approximate surface area is 199 Å². The SMILES string of the molecule is CCOc1ccc(NC(=O)Cn2cnc3sc(C(=O)OCc4ccccc4)c(C)c3c2=O)cc1. The van der Waals surface area contributed by atoms with Crippen molar-refractivity contribution in [2.24, 2.45) is 0 Å². The molecule has 4 aromatic rings. The van der Waals surface area contributed by atoms with Crippen LogP contribution in [0.25, 0.3) is 10.2 Å². The molecule has 0 saturated heterocycles. The highest BCUT2D eigenvalue weighted by Crippen LogP contribution is 2.27. The minimum Gasteiger partial charge on any atom is -0.494 e. The average Bonchev–Trinajstić information content (AvgIpc) is 3.18. The minimum absolute atomic E-state index is 0.136. The van der Waals surface area contributed by atoms with E-state index in [1.54, 1.807) is 31.2 Å². The lowest BCUT2D eigenvalue weighted by Crippen LogP contribution is -2.27. The Kier molecular flexibility index (Phi) is 7.03. The van der Waals surface area contributed by atoms with Gasteiger partial charge in [-0.3, -0.25) is 14.2 Å². The zero-order chi connectivity index (χ0) is 24.1. The van der Waals surface area contributed by atoms with E-state index in [-0.39, 0.29) is 24.6 Å². The molecule has 4 rings (SSSR count). The molecule has 0 saturated carbocycles. The van der Waals surface area contributed by atoms with Crippen molar-refractivity contribution in [3.8, 4) is 5.75 Å². The molecule has 2 aromatic carbocycles. The second-order valence-corrected chi connectivity index (χ2v) is 8.48. The fourth-order valence-corrected chi connectivity index (χ4v) is 4.44. The number of fused-ring (bicyclic) bond motifs is 1. The van der Waals surface area contributed by atoms with Crippen molar-refractivity contribution in [3.05, 3.63) is 87.3 Å². The van der Waals surface area contributed by atoms with Crippen LogP contribution in [0, 0.1) is 6.92 Å². The molecule has 0 fully saturated rings. The van der Waals surface area contributed by atoms with E-state index in [0.29, 0.717) is 38.7 Å². The van der Waals surface area contributed by atoms with E-state index in [1.807, 2.05) is 37.3 Å². The summed E-state index contributed by atoms with van der Waals surface area (Å²) >= 11 is 1.11. The molecule has 174 valence electrons. The number of thiophene rings is 1. The number of carbonyl (C=O) groups is 2. The number of nitrogens with zero attached hydrogens (tertiary/aromatic N) is 2. The molecule has 8 nitrogen and oxygen atoms in total. The number of benzene rings is 2. The van der Waals surface area contributed by atoms with Crippen molar-refractivity contribution in [2.75, 3.05) is 11.9 Å². The van der Waals surface area contributed by atoms with E-state index >= 15 is 0 Å². The number of ether oxygens (including phenoxy) is 2. The number of hydrogen-bond acceptors (Lipinski definition) is 7. The van der Waals surface area contributed by atoms with Crippen molar-refractivity contribution >= 4 is 39.1 Å². The predicted molar refractivity (Wildman–Crippen MR) is 130 cm³/mol. The minimum atomic E-state index is -0.511. The Morgan fingerprint density at radius 2 is 1.82 bits per heavy atom. The van der Waals surface area contributed by atoms with Gasteiger partial charge in [-0.05, 0) is 49.2 Å². The molecule has 1 N–H and O–H groups in total. The van der Waals surface area contributed by atoms with Gasteiger partial charge in [0, 0.05) is 5.69 Å². The van der Waals surface area contributed by atoms with Crippen LogP contribution in [-0.2, 0) is 22.7 Å². The zero-order valence-corrected chi connectivity index (χ0v) is 19.6. The first-order chi connectivity index (χ1) is 16.5. The van der Waals surface area contributed by atoms with Crippen LogP contribution in [0.4, 0.5) is 5.69 Å². The number of esters is 1. The summed E-state index contributed by atoms with van der Waals surface area (Å²) in [6, 6.07) is 16.3. The van der Waals surface area contributed by atoms with Crippen molar-refractivity contribution in [1.82, 2.24) is 9.55 Å². The summed E-state index contributed by atoms with van der Waals surface area (Å²) in [6.07, 6.45) is 1.32. The van der Waals surface area contributed by atoms with Crippen LogP contribution in [0.15, 0.2) is 65.7 Å². The maximum atomic E-state index is 13.1. The van der Waals surface area contributed by atoms with Gasteiger partial charge in [0.15, 0.2) is 0 Å². The molecule has 0 bridgehead atoms. The van der Waals surface area contributed by atoms with E-state index < -0.39 is 5.97 Å². The number of anilines is 1. The van der Waals surface area contributed by atoms with Crippen molar-refractivity contribution in [2.45, 2.75) is 27.0 Å². The first-order valence-corrected chi connectivity index (χ1v) is 11.5. The van der Waals surface area contributed by atoms with Gasteiger partial charge in [-0.25, -0.2) is 9.78 Å². The molecule has 34 heavy (non-hydrogen) atoms. The summed E-state index contributed by atoms with van der Waals surface area (Å²) < 4.78 is 12.0. The first kappa shape index (κ1) is 23.2. The fourth-order valence-electron chi connectivity index (χ4n) is 3.41. The highest BCUT2D eigenvalue weighted by molar-refractivity contribution is 7.20. The molecule has 1 amide bonds. The van der Waals surface area contributed by atoms with Gasteiger partial charge in [-0.2, -0.15) is 0 Å². The van der Waals surface area contributed by atoms with Gasteiger partial charge in [0.05, 0.1) is 18.3 Å². The number of aromatic nitrogens is 2. The summed E-state index contributed by atoms with van der Waals surface area (Å²) in [5.41, 5.74) is 1.57. The lowest BCUT2D eigenvalue weighted by molar-refractivity contribution is -0.116. The van der Waals surface area contributed by atoms with Gasteiger partial charge in [0.25, 0.3) is 5.56 Å². The third-order valence-electron chi connectivity index (χ3n) is 5.08. The smallest absolute Gasteiger partial charge is 0.349 e. The van der Waals surface area contributed by atoms with Crippen molar-refractivity contribution in [1.29, 1.82) is 0 Å². The second kappa shape index (κ2) is 10.3. The molecule has 0 radical (unpaired) electrons. The maximum Gasteiger partial charge on any atom is 0.349 e. The number of carbonyl (C=O) groups excluding carboxylic acids is 2. The Hall–Kier alpha value is -3.98. The fraction of sp³-hybridized carbons (Fsp3) is 0.200. The van der Waals surface area contributed by atoms with Crippen LogP contribution in [0.1, 0.15) is 27.7 Å². The number of hydrogen-bond donors (Lipinski definition) is 1. The maximum absolute atomic E-state index is 13.1. The number of nitrogens with one attached hydrogen (secondary N) is 1. The van der Waals surface area contributed by atoms with Gasteiger partial charge >= 0.3 is 5.97 Å². The molecule has 2 heterocycles. The molecule has 0 atom stereocenters. The van der Waals surface area contributed by atoms with Crippen molar-refractivity contribution < 1.29 is 19.1 Å². The second-order valence-electron chi connectivity index (χ2n) is 7.48. The average molecular weight is 478 g/mol. The Bertz CT molecular complexity index is 1380. The number of aryl methyl sites for hydroxylation is 1. The topological polar surface area (TPSA) is 99.5 Å². The van der Waals surface area contributed by atoms with Gasteiger partial charge in [-0.1, -0.05) is 30.3 Å². The monoisotopic (exact) mass is 477 g/mol. The number of amides is 1. The predicted octanol–water partition coefficient (Wildman–Crippen LogP) is 4.16. The Morgan fingerprint density at radius 3 is 2.53 bits per heavy atom. The normalized spacial score (nSPS) is 10.8. The van der Waals surface area contributed by atoms with Gasteiger partial charge < -0.3 is 14.8 Å². The third kappa shape index (κ3) is 5.15. The molecule has 0 aliphatic rings. The Balaban J connectivity index is 1.48. The summed E-state index contributed by atoms with van der Waals surface area (Å²) in [5.74, 6) is -0.177. The van der Waals surface area contributed by atoms with E-state index in [2.05, 4.69) is 10.3 Å². The van der Waals surface area contributed by atoms with Crippen LogP contribution < -0.4 is 15.6 Å². The quantitative estimate of drug-likeness (QED) is 0.383. The third-order valence-corrected chi connectivity index (χ3v) is 6.26. The zero-order valence-electron chi connectivity index (χ0n) is 18.7. The van der Waals surface area contributed by atoms with Crippen LogP contribution >= 0.6 is 11.3 Å². The standard InChI is InChI=1S/C25H23N3O5S/c1-3-32-19-11-9-18(10-12-19)27-20(29)13-28-15-26-23-21(24(28)30)16(2)22(34-23)25(31)33-14-17-7-5-4-6-8-17/h4-12,15H,3,13-14H2,1-2H3,(H,27,29). The molecule has 2 aromatic heterocycles. The summed E-state index contributed by atoms with van der Waals surface area (Å²) in [5, 5.41) is 3.06. The van der Waals surface area contributed by atoms with E-state index in [9.17, 15) is 14.4 Å². The lowest BCUT2D eigenvalue weighted by atomic mass is 10.2. The molecule has 0 aliphatic heterocycles. The van der Waals surface area contributed by atoms with Crippen LogP contribution in [0.5, 0.6) is 5.75 Å². The summed E-state index contributed by atoms with van der Waals surface area (Å²) in [7, 11) is 0. The van der Waals surface area contributed by atoms with Crippen LogP contribution in [0.2, 0.25) is 0 Å². The number of rotatable bonds is 8. The summed E-state index contributed by atoms with van der Waals surface area (Å²) in [4.78, 5) is 43.2. The largest absolute Gasteiger partial charge is 0.494 e. The van der Waals surface area contributed by atoms with Crippen LogP contribution in [-0.4, -0.2) is 28.0 Å². The van der Waals surface area contributed by atoms with Crippen molar-refractivity contribution in [3.63, 3.8) is 0 Å². The highest BCUT2D eigenvalue weighted by Gasteiger charge is 2.21. The van der Waals surface area contributed by atoms with Gasteiger partial charge in [0.2, 0.25) is 5.91 Å². The lowest BCUT2D eigenvalue weighted by Gasteiger charge is -2.08.